The minimum Gasteiger partial charge on any atom is -0.462 e. The lowest BCUT2D eigenvalue weighted by Gasteiger charge is -2.24. The molecule has 6 heteroatoms. The molecular formula is C57H109NO5. The van der Waals surface area contributed by atoms with Gasteiger partial charge in [0.1, 0.15) is 6.10 Å². The molecule has 63 heavy (non-hydrogen) atoms. The van der Waals surface area contributed by atoms with Crippen LogP contribution in [0.4, 0.5) is 0 Å². The van der Waals surface area contributed by atoms with E-state index in [1.165, 1.54) is 186 Å². The van der Waals surface area contributed by atoms with Crippen LogP contribution in [0.2, 0.25) is 0 Å². The molecule has 0 aliphatic rings. The van der Waals surface area contributed by atoms with Gasteiger partial charge in [-0.25, -0.2) is 0 Å². The highest BCUT2D eigenvalue weighted by Crippen LogP contribution is 2.19. The van der Waals surface area contributed by atoms with Crippen LogP contribution in [0.15, 0.2) is 24.3 Å². The number of allylic oxidation sites excluding steroid dienone is 4. The Balaban J connectivity index is 4.52. The zero-order chi connectivity index (χ0) is 45.9. The molecule has 0 spiro atoms. The zero-order valence-electron chi connectivity index (χ0n) is 42.5. The molecule has 0 radical (unpaired) electrons. The standard InChI is InChI=1S/C57H109NO5/c1-4-7-10-13-16-19-22-25-27-29-32-35-38-41-44-47-50-57(62)63-53(48-45-42-39-36-33-30-24-21-18-15-12-9-6-3)51-56(61)58-54(52-59)55(60)49-46-43-40-37-34-31-28-26-23-20-17-14-11-8-5-2/h18,21,24,30,53-55,59-60H,4-17,19-20,22-23,25-29,31-52H2,1-3H3,(H,58,61)/b21-18+,30-24+. The molecule has 0 heterocycles. The summed E-state index contributed by atoms with van der Waals surface area (Å²) in [5, 5.41) is 23.8. The zero-order valence-corrected chi connectivity index (χ0v) is 42.5. The summed E-state index contributed by atoms with van der Waals surface area (Å²) >= 11 is 0. The molecule has 0 fully saturated rings. The summed E-state index contributed by atoms with van der Waals surface area (Å²) in [5.74, 6) is -0.476. The lowest BCUT2D eigenvalue weighted by atomic mass is 10.0. The van der Waals surface area contributed by atoms with Gasteiger partial charge in [0.25, 0.3) is 0 Å². The van der Waals surface area contributed by atoms with E-state index in [2.05, 4.69) is 50.4 Å². The third-order valence-electron chi connectivity index (χ3n) is 13.1. The van der Waals surface area contributed by atoms with Gasteiger partial charge in [-0.3, -0.25) is 9.59 Å². The molecule has 0 bridgehead atoms. The summed E-state index contributed by atoms with van der Waals surface area (Å²) in [7, 11) is 0. The molecule has 3 atom stereocenters. The number of carbonyl (C=O) groups is 2. The van der Waals surface area contributed by atoms with Crippen LogP contribution in [0, 0.1) is 0 Å². The predicted molar refractivity (Wildman–Crippen MR) is 273 cm³/mol. The number of carbonyl (C=O) groups excluding carboxylic acids is 2. The summed E-state index contributed by atoms with van der Waals surface area (Å²) in [4.78, 5) is 26.2. The highest BCUT2D eigenvalue weighted by atomic mass is 16.5. The molecule has 0 aliphatic carbocycles. The Morgan fingerprint density at radius 1 is 0.460 bits per heavy atom. The van der Waals surface area contributed by atoms with Crippen LogP contribution in [0.3, 0.4) is 0 Å². The molecule has 6 nitrogen and oxygen atoms in total. The first-order chi connectivity index (χ1) is 31.0. The normalized spacial score (nSPS) is 13.3. The molecule has 0 aromatic rings. The first-order valence-corrected chi connectivity index (χ1v) is 28.1. The number of amides is 1. The number of nitrogens with one attached hydrogen (secondary N) is 1. The van der Waals surface area contributed by atoms with Gasteiger partial charge in [-0.2, -0.15) is 0 Å². The smallest absolute Gasteiger partial charge is 0.306 e. The first-order valence-electron chi connectivity index (χ1n) is 28.1. The van der Waals surface area contributed by atoms with Gasteiger partial charge in [-0.15, -0.1) is 0 Å². The van der Waals surface area contributed by atoms with Crippen LogP contribution in [0.5, 0.6) is 0 Å². The summed E-state index contributed by atoms with van der Waals surface area (Å²) < 4.78 is 5.94. The Morgan fingerprint density at radius 2 is 0.794 bits per heavy atom. The lowest BCUT2D eigenvalue weighted by molar-refractivity contribution is -0.151. The van der Waals surface area contributed by atoms with E-state index in [0.29, 0.717) is 19.3 Å². The summed E-state index contributed by atoms with van der Waals surface area (Å²) in [6.07, 6.45) is 59.5. The minimum atomic E-state index is -0.789. The van der Waals surface area contributed by atoms with Gasteiger partial charge in [-0.1, -0.05) is 263 Å². The second-order valence-corrected chi connectivity index (χ2v) is 19.4. The molecule has 0 saturated heterocycles. The Kier molecular flexibility index (Phi) is 50.0. The quantitative estimate of drug-likeness (QED) is 0.0321. The highest BCUT2D eigenvalue weighted by molar-refractivity contribution is 5.77. The lowest BCUT2D eigenvalue weighted by Crippen LogP contribution is -2.46. The maximum Gasteiger partial charge on any atom is 0.306 e. The van der Waals surface area contributed by atoms with Gasteiger partial charge in [0.05, 0.1) is 25.2 Å². The molecular weight excluding hydrogens is 779 g/mol. The third-order valence-corrected chi connectivity index (χ3v) is 13.1. The van der Waals surface area contributed by atoms with Crippen LogP contribution in [-0.2, 0) is 14.3 Å². The number of hydrogen-bond acceptors (Lipinski definition) is 5. The van der Waals surface area contributed by atoms with Gasteiger partial charge in [0.15, 0.2) is 0 Å². The summed E-state index contributed by atoms with van der Waals surface area (Å²) in [6.45, 7) is 6.48. The Morgan fingerprint density at radius 3 is 1.21 bits per heavy atom. The van der Waals surface area contributed by atoms with Crippen molar-refractivity contribution in [3.05, 3.63) is 24.3 Å². The molecule has 1 amide bonds. The van der Waals surface area contributed by atoms with Crippen molar-refractivity contribution in [2.75, 3.05) is 6.61 Å². The van der Waals surface area contributed by atoms with E-state index < -0.39 is 18.2 Å². The van der Waals surface area contributed by atoms with Crippen molar-refractivity contribution in [3.63, 3.8) is 0 Å². The van der Waals surface area contributed by atoms with Gasteiger partial charge >= 0.3 is 5.97 Å². The topological polar surface area (TPSA) is 95.9 Å². The molecule has 0 rings (SSSR count). The van der Waals surface area contributed by atoms with Gasteiger partial charge in [-0.05, 0) is 51.4 Å². The number of unbranched alkanes of at least 4 members (excludes halogenated alkanes) is 36. The number of esters is 1. The van der Waals surface area contributed by atoms with E-state index in [9.17, 15) is 19.8 Å². The monoisotopic (exact) mass is 888 g/mol. The Hall–Kier alpha value is -1.66. The van der Waals surface area contributed by atoms with Crippen LogP contribution >= 0.6 is 0 Å². The predicted octanol–water partition coefficient (Wildman–Crippen LogP) is 17.1. The largest absolute Gasteiger partial charge is 0.462 e. The fraction of sp³-hybridized carbons (Fsp3) is 0.895. The SMILES string of the molecule is CCCCC/C=C/C=C/CCCCCCC(CC(=O)NC(CO)C(O)CCCCCCCCCCCCCCCCC)OC(=O)CCCCCCCCCCCCCCCCCC. The molecule has 3 unspecified atom stereocenters. The minimum absolute atomic E-state index is 0.0696. The van der Waals surface area contributed by atoms with E-state index in [1.54, 1.807) is 0 Å². The van der Waals surface area contributed by atoms with Gasteiger partial charge in [0, 0.05) is 6.42 Å². The van der Waals surface area contributed by atoms with E-state index in [0.717, 1.165) is 70.6 Å². The van der Waals surface area contributed by atoms with Crippen LogP contribution in [-0.4, -0.2) is 46.9 Å². The molecule has 3 N–H and O–H groups in total. The van der Waals surface area contributed by atoms with Crippen LogP contribution < -0.4 is 5.32 Å². The number of hydrogen-bond donors (Lipinski definition) is 3. The maximum absolute atomic E-state index is 13.2. The molecule has 0 aromatic heterocycles. The number of aliphatic hydroxyl groups excluding tert-OH is 2. The van der Waals surface area contributed by atoms with Gasteiger partial charge in [0.2, 0.25) is 5.91 Å². The fourth-order valence-corrected chi connectivity index (χ4v) is 8.78. The highest BCUT2D eigenvalue weighted by Gasteiger charge is 2.24. The van der Waals surface area contributed by atoms with Crippen molar-refractivity contribution in [1.82, 2.24) is 5.32 Å². The van der Waals surface area contributed by atoms with E-state index in [-0.39, 0.29) is 24.9 Å². The van der Waals surface area contributed by atoms with Crippen LogP contribution in [0.1, 0.15) is 303 Å². The Bertz CT molecular complexity index is 997. The molecule has 0 saturated carbocycles. The molecule has 0 aromatic carbocycles. The van der Waals surface area contributed by atoms with Gasteiger partial charge < -0.3 is 20.3 Å². The van der Waals surface area contributed by atoms with Crippen molar-refractivity contribution in [2.45, 2.75) is 322 Å². The van der Waals surface area contributed by atoms with Crippen molar-refractivity contribution < 1.29 is 24.5 Å². The second-order valence-electron chi connectivity index (χ2n) is 19.4. The van der Waals surface area contributed by atoms with Crippen LogP contribution in [0.25, 0.3) is 0 Å². The first kappa shape index (κ1) is 61.3. The summed E-state index contributed by atoms with van der Waals surface area (Å²) in [6, 6.07) is -0.704. The average molecular weight is 889 g/mol. The van der Waals surface area contributed by atoms with E-state index in [4.69, 9.17) is 4.74 Å². The third kappa shape index (κ3) is 46.7. The van der Waals surface area contributed by atoms with E-state index in [1.807, 2.05) is 0 Å². The average Bonchev–Trinajstić information content (AvgIpc) is 3.28. The van der Waals surface area contributed by atoms with Crippen molar-refractivity contribution >= 4 is 11.9 Å². The number of rotatable bonds is 51. The van der Waals surface area contributed by atoms with Crippen molar-refractivity contribution in [1.29, 1.82) is 0 Å². The molecule has 372 valence electrons. The maximum atomic E-state index is 13.2. The number of aliphatic hydroxyl groups is 2. The van der Waals surface area contributed by atoms with Crippen molar-refractivity contribution in [3.8, 4) is 0 Å². The molecule has 0 aliphatic heterocycles. The fourth-order valence-electron chi connectivity index (χ4n) is 8.78. The second kappa shape index (κ2) is 51.3. The Labute approximate surface area is 392 Å². The number of ether oxygens (including phenoxy) is 1. The van der Waals surface area contributed by atoms with Crippen molar-refractivity contribution in [2.24, 2.45) is 0 Å². The summed E-state index contributed by atoms with van der Waals surface area (Å²) in [5.41, 5.74) is 0. The van der Waals surface area contributed by atoms with E-state index >= 15 is 0 Å².